The summed E-state index contributed by atoms with van der Waals surface area (Å²) >= 11 is 0. The van der Waals surface area contributed by atoms with Gasteiger partial charge in [0.15, 0.2) is 0 Å². The van der Waals surface area contributed by atoms with E-state index in [2.05, 4.69) is 0 Å². The maximum Gasteiger partial charge on any atom is 0.255 e. The molecule has 1 heterocycles. The second kappa shape index (κ2) is 3.68. The van der Waals surface area contributed by atoms with Gasteiger partial charge in [-0.3, -0.25) is 0 Å². The first-order valence-corrected chi connectivity index (χ1v) is 5.00. The van der Waals surface area contributed by atoms with E-state index in [9.17, 15) is 8.78 Å². The Hall–Kier alpha value is -1.32. The fourth-order valence-electron chi connectivity index (χ4n) is 2.00. The molecule has 0 unspecified atom stereocenters. The van der Waals surface area contributed by atoms with Crippen LogP contribution in [0.15, 0.2) is 12.1 Å². The predicted octanol–water partition coefficient (Wildman–Crippen LogP) is 2.20. The van der Waals surface area contributed by atoms with E-state index in [1.807, 2.05) is 13.0 Å². The Bertz CT molecular complexity index is 377. The Morgan fingerprint density at radius 1 is 1.47 bits per heavy atom. The summed E-state index contributed by atoms with van der Waals surface area (Å²) in [5, 5.41) is 0. The number of hydrogen-bond acceptors (Lipinski definition) is 2. The molecule has 2 nitrogen and oxygen atoms in total. The summed E-state index contributed by atoms with van der Waals surface area (Å²) in [5.41, 5.74) is 9.47. The normalized spacial score (nSPS) is 14.8. The molecular weight excluding hydrogens is 198 g/mol. The molecule has 0 aromatic heterocycles. The molecule has 0 amide bonds. The molecule has 1 aromatic carbocycles. The van der Waals surface area contributed by atoms with Gasteiger partial charge in [-0.15, -0.1) is 0 Å². The van der Waals surface area contributed by atoms with Crippen molar-refractivity contribution in [2.75, 3.05) is 23.7 Å². The average Bonchev–Trinajstić information content (AvgIpc) is 2.49. The topological polar surface area (TPSA) is 29.3 Å². The number of hydrogen-bond donors (Lipinski definition) is 1. The predicted molar refractivity (Wildman–Crippen MR) is 57.5 cm³/mol. The fraction of sp³-hybridized carbons (Fsp3) is 0.455. The summed E-state index contributed by atoms with van der Waals surface area (Å²) in [6.45, 7) is 2.41. The summed E-state index contributed by atoms with van der Waals surface area (Å²) in [6.07, 6.45) is -1.46. The lowest BCUT2D eigenvalue weighted by Gasteiger charge is -2.19. The third-order valence-corrected chi connectivity index (χ3v) is 2.82. The summed E-state index contributed by atoms with van der Waals surface area (Å²) < 4.78 is 24.6. The molecule has 0 saturated heterocycles. The standard InChI is InChI=1S/C11H14F2N2/c1-7-4-8-2-3-15(6-11(12)13)10(8)5-9(7)14/h4-5,11H,2-3,6,14H2,1H3. The van der Waals surface area contributed by atoms with Crippen molar-refractivity contribution in [3.63, 3.8) is 0 Å². The largest absolute Gasteiger partial charge is 0.398 e. The number of alkyl halides is 2. The van der Waals surface area contributed by atoms with E-state index in [4.69, 9.17) is 5.73 Å². The van der Waals surface area contributed by atoms with Crippen LogP contribution in [0.3, 0.4) is 0 Å². The second-order valence-corrected chi connectivity index (χ2v) is 3.92. The first kappa shape index (κ1) is 10.2. The molecule has 2 N–H and O–H groups in total. The minimum absolute atomic E-state index is 0.199. The number of fused-ring (bicyclic) bond motifs is 1. The maximum absolute atomic E-state index is 12.3. The number of halogens is 2. The van der Waals surface area contributed by atoms with Crippen LogP contribution in [0.2, 0.25) is 0 Å². The number of benzene rings is 1. The zero-order valence-electron chi connectivity index (χ0n) is 8.63. The van der Waals surface area contributed by atoms with Gasteiger partial charge in [-0.1, -0.05) is 6.07 Å². The average molecular weight is 212 g/mol. The van der Waals surface area contributed by atoms with Crippen LogP contribution in [0.1, 0.15) is 11.1 Å². The van der Waals surface area contributed by atoms with Crippen molar-refractivity contribution in [1.29, 1.82) is 0 Å². The van der Waals surface area contributed by atoms with E-state index in [0.717, 1.165) is 23.2 Å². The van der Waals surface area contributed by atoms with Gasteiger partial charge in [0.1, 0.15) is 0 Å². The van der Waals surface area contributed by atoms with Gasteiger partial charge >= 0.3 is 0 Å². The van der Waals surface area contributed by atoms with E-state index in [-0.39, 0.29) is 6.54 Å². The van der Waals surface area contributed by atoms with Gasteiger partial charge in [-0.05, 0) is 30.5 Å². The Kier molecular flexibility index (Phi) is 2.50. The minimum atomic E-state index is -2.29. The summed E-state index contributed by atoms with van der Waals surface area (Å²) in [4.78, 5) is 1.70. The van der Waals surface area contributed by atoms with Crippen molar-refractivity contribution in [1.82, 2.24) is 0 Å². The highest BCUT2D eigenvalue weighted by atomic mass is 19.3. The Balaban J connectivity index is 2.30. The first-order chi connectivity index (χ1) is 7.08. The van der Waals surface area contributed by atoms with Crippen LogP contribution < -0.4 is 10.6 Å². The summed E-state index contributed by atoms with van der Waals surface area (Å²) in [5.74, 6) is 0. The van der Waals surface area contributed by atoms with Crippen LogP contribution in [0.25, 0.3) is 0 Å². The molecule has 0 bridgehead atoms. The van der Waals surface area contributed by atoms with Crippen molar-refractivity contribution in [3.05, 3.63) is 23.3 Å². The lowest BCUT2D eigenvalue weighted by molar-refractivity contribution is 0.155. The highest BCUT2D eigenvalue weighted by molar-refractivity contribution is 5.67. The monoisotopic (exact) mass is 212 g/mol. The fourth-order valence-corrected chi connectivity index (χ4v) is 2.00. The van der Waals surface area contributed by atoms with Crippen molar-refractivity contribution in [2.45, 2.75) is 19.8 Å². The molecule has 0 aliphatic carbocycles. The van der Waals surface area contributed by atoms with Crippen LogP contribution >= 0.6 is 0 Å². The summed E-state index contributed by atoms with van der Waals surface area (Å²) in [6, 6.07) is 3.80. The maximum atomic E-state index is 12.3. The van der Waals surface area contributed by atoms with E-state index >= 15 is 0 Å². The van der Waals surface area contributed by atoms with Crippen LogP contribution in [0, 0.1) is 6.92 Å². The van der Waals surface area contributed by atoms with E-state index in [1.165, 1.54) is 0 Å². The molecule has 2 rings (SSSR count). The van der Waals surface area contributed by atoms with Gasteiger partial charge in [-0.2, -0.15) is 0 Å². The van der Waals surface area contributed by atoms with E-state index in [1.54, 1.807) is 11.0 Å². The molecule has 0 saturated carbocycles. The first-order valence-electron chi connectivity index (χ1n) is 5.00. The molecule has 0 atom stereocenters. The van der Waals surface area contributed by atoms with E-state index in [0.29, 0.717) is 12.2 Å². The highest BCUT2D eigenvalue weighted by Gasteiger charge is 2.22. The van der Waals surface area contributed by atoms with Crippen molar-refractivity contribution >= 4 is 11.4 Å². The zero-order chi connectivity index (χ0) is 11.0. The molecule has 0 fully saturated rings. The van der Waals surface area contributed by atoms with Gasteiger partial charge < -0.3 is 10.6 Å². The molecule has 1 aliphatic rings. The lowest BCUT2D eigenvalue weighted by atomic mass is 10.1. The van der Waals surface area contributed by atoms with Gasteiger partial charge in [-0.25, -0.2) is 8.78 Å². The SMILES string of the molecule is Cc1cc2c(cc1N)N(CC(F)F)CC2. The molecule has 82 valence electrons. The van der Waals surface area contributed by atoms with Gasteiger partial charge in [0.25, 0.3) is 6.43 Å². The van der Waals surface area contributed by atoms with Gasteiger partial charge in [0.05, 0.1) is 6.54 Å². The highest BCUT2D eigenvalue weighted by Crippen LogP contribution is 2.32. The van der Waals surface area contributed by atoms with Crippen molar-refractivity contribution in [2.24, 2.45) is 0 Å². The van der Waals surface area contributed by atoms with Crippen LogP contribution in [0.4, 0.5) is 20.2 Å². The molecule has 1 aromatic rings. The van der Waals surface area contributed by atoms with Gasteiger partial charge in [0.2, 0.25) is 0 Å². The molecular formula is C11H14F2N2. The van der Waals surface area contributed by atoms with Crippen LogP contribution in [-0.2, 0) is 6.42 Å². The van der Waals surface area contributed by atoms with E-state index < -0.39 is 6.43 Å². The smallest absolute Gasteiger partial charge is 0.255 e. The molecule has 15 heavy (non-hydrogen) atoms. The van der Waals surface area contributed by atoms with Crippen LogP contribution in [0.5, 0.6) is 0 Å². The number of nitrogens with zero attached hydrogens (tertiary/aromatic N) is 1. The molecule has 0 spiro atoms. The number of aryl methyl sites for hydroxylation is 1. The number of rotatable bonds is 2. The molecule has 0 radical (unpaired) electrons. The molecule has 4 heteroatoms. The Labute approximate surface area is 87.7 Å². The van der Waals surface area contributed by atoms with Crippen molar-refractivity contribution in [3.8, 4) is 0 Å². The Morgan fingerprint density at radius 3 is 2.87 bits per heavy atom. The third kappa shape index (κ3) is 1.89. The number of nitrogen functional groups attached to an aromatic ring is 1. The molecule has 1 aliphatic heterocycles. The third-order valence-electron chi connectivity index (χ3n) is 2.82. The minimum Gasteiger partial charge on any atom is -0.398 e. The number of nitrogens with two attached hydrogens (primary N) is 1. The summed E-state index contributed by atoms with van der Waals surface area (Å²) in [7, 11) is 0. The Morgan fingerprint density at radius 2 is 2.20 bits per heavy atom. The lowest BCUT2D eigenvalue weighted by Crippen LogP contribution is -2.26. The number of anilines is 2. The quantitative estimate of drug-likeness (QED) is 0.761. The van der Waals surface area contributed by atoms with Crippen molar-refractivity contribution < 1.29 is 8.78 Å². The zero-order valence-corrected chi connectivity index (χ0v) is 8.63. The second-order valence-electron chi connectivity index (χ2n) is 3.92. The van der Waals surface area contributed by atoms with Gasteiger partial charge in [0, 0.05) is 17.9 Å². The van der Waals surface area contributed by atoms with Crippen LogP contribution in [-0.4, -0.2) is 19.5 Å².